The van der Waals surface area contributed by atoms with E-state index in [1.807, 2.05) is 0 Å². The van der Waals surface area contributed by atoms with Gasteiger partial charge in [-0.1, -0.05) is 45.4 Å². The molecule has 0 spiro atoms. The summed E-state index contributed by atoms with van der Waals surface area (Å²) in [7, 11) is 0. The molecular formula is C19H32N2. The Kier molecular flexibility index (Phi) is 5.69. The Labute approximate surface area is 130 Å². The largest absolute Gasteiger partial charge is 0.365 e. The van der Waals surface area contributed by atoms with Crippen molar-refractivity contribution < 1.29 is 0 Å². The molecule has 2 rings (SSSR count). The number of rotatable bonds is 6. The van der Waals surface area contributed by atoms with Crippen molar-refractivity contribution in [3.63, 3.8) is 0 Å². The molecule has 1 saturated carbocycles. The van der Waals surface area contributed by atoms with Crippen molar-refractivity contribution in [2.75, 3.05) is 18.0 Å². The van der Waals surface area contributed by atoms with Crippen LogP contribution in [0.5, 0.6) is 0 Å². The van der Waals surface area contributed by atoms with Gasteiger partial charge in [0.05, 0.1) is 5.54 Å². The smallest absolute Gasteiger partial charge is 0.0526 e. The zero-order chi connectivity index (χ0) is 15.3. The first-order valence-corrected chi connectivity index (χ1v) is 8.65. The number of nitrogens with zero attached hydrogens (tertiary/aromatic N) is 1. The van der Waals surface area contributed by atoms with Gasteiger partial charge in [0.15, 0.2) is 0 Å². The number of benzene rings is 1. The summed E-state index contributed by atoms with van der Waals surface area (Å²) in [6.45, 7) is 8.95. The normalized spacial score (nSPS) is 29.3. The lowest BCUT2D eigenvalue weighted by Crippen LogP contribution is -2.57. The van der Waals surface area contributed by atoms with Crippen molar-refractivity contribution in [3.05, 3.63) is 30.3 Å². The number of para-hydroxylation sites is 1. The average molecular weight is 288 g/mol. The second-order valence-electron chi connectivity index (χ2n) is 6.97. The first kappa shape index (κ1) is 16.4. The molecule has 0 saturated heterocycles. The van der Waals surface area contributed by atoms with Crippen LogP contribution in [0.3, 0.4) is 0 Å². The second-order valence-corrected chi connectivity index (χ2v) is 6.97. The highest BCUT2D eigenvalue weighted by atomic mass is 15.2. The molecule has 1 fully saturated rings. The van der Waals surface area contributed by atoms with E-state index < -0.39 is 0 Å². The first-order valence-electron chi connectivity index (χ1n) is 8.65. The molecule has 1 aliphatic carbocycles. The highest BCUT2D eigenvalue weighted by Crippen LogP contribution is 2.41. The molecule has 1 aliphatic rings. The van der Waals surface area contributed by atoms with Gasteiger partial charge in [-0.25, -0.2) is 0 Å². The SMILES string of the molecule is CCCCN(c1ccccc1)C1(CN)CCC(C)C(C)C1. The van der Waals surface area contributed by atoms with Crippen molar-refractivity contribution in [1.82, 2.24) is 0 Å². The van der Waals surface area contributed by atoms with E-state index in [1.165, 1.54) is 37.8 Å². The zero-order valence-electron chi connectivity index (χ0n) is 14.0. The fourth-order valence-electron chi connectivity index (χ4n) is 3.79. The lowest BCUT2D eigenvalue weighted by molar-refractivity contribution is 0.171. The van der Waals surface area contributed by atoms with Crippen LogP contribution in [-0.2, 0) is 0 Å². The highest BCUT2D eigenvalue weighted by Gasteiger charge is 2.41. The third kappa shape index (κ3) is 3.60. The highest BCUT2D eigenvalue weighted by molar-refractivity contribution is 5.49. The molecule has 0 heterocycles. The van der Waals surface area contributed by atoms with Gasteiger partial charge >= 0.3 is 0 Å². The Balaban J connectivity index is 2.28. The van der Waals surface area contributed by atoms with Gasteiger partial charge in [-0.15, -0.1) is 0 Å². The monoisotopic (exact) mass is 288 g/mol. The molecule has 1 aromatic carbocycles. The van der Waals surface area contributed by atoms with Gasteiger partial charge in [-0.05, 0) is 49.7 Å². The molecule has 3 unspecified atom stereocenters. The van der Waals surface area contributed by atoms with E-state index in [0.29, 0.717) is 0 Å². The summed E-state index contributed by atoms with van der Waals surface area (Å²) in [4.78, 5) is 2.62. The summed E-state index contributed by atoms with van der Waals surface area (Å²) in [6, 6.07) is 10.9. The van der Waals surface area contributed by atoms with Gasteiger partial charge in [0.1, 0.15) is 0 Å². The lowest BCUT2D eigenvalue weighted by atomic mass is 9.70. The summed E-state index contributed by atoms with van der Waals surface area (Å²) < 4.78 is 0. The van der Waals surface area contributed by atoms with Gasteiger partial charge < -0.3 is 10.6 Å². The fourth-order valence-corrected chi connectivity index (χ4v) is 3.79. The molecule has 2 N–H and O–H groups in total. The van der Waals surface area contributed by atoms with E-state index in [4.69, 9.17) is 5.73 Å². The molecule has 2 nitrogen and oxygen atoms in total. The lowest BCUT2D eigenvalue weighted by Gasteiger charge is -2.50. The topological polar surface area (TPSA) is 29.3 Å². The van der Waals surface area contributed by atoms with E-state index in [1.54, 1.807) is 0 Å². The van der Waals surface area contributed by atoms with E-state index >= 15 is 0 Å². The van der Waals surface area contributed by atoms with Crippen LogP contribution in [-0.4, -0.2) is 18.6 Å². The van der Waals surface area contributed by atoms with Crippen LogP contribution in [0.4, 0.5) is 5.69 Å². The van der Waals surface area contributed by atoms with Crippen LogP contribution in [0.2, 0.25) is 0 Å². The summed E-state index contributed by atoms with van der Waals surface area (Å²) in [6.07, 6.45) is 6.22. The molecule has 118 valence electrons. The minimum atomic E-state index is 0.155. The fraction of sp³-hybridized carbons (Fsp3) is 0.684. The molecule has 21 heavy (non-hydrogen) atoms. The quantitative estimate of drug-likeness (QED) is 0.838. The molecule has 0 aliphatic heterocycles. The molecule has 3 atom stereocenters. The minimum absolute atomic E-state index is 0.155. The Morgan fingerprint density at radius 1 is 1.19 bits per heavy atom. The third-order valence-electron chi connectivity index (χ3n) is 5.49. The van der Waals surface area contributed by atoms with Crippen molar-refractivity contribution in [1.29, 1.82) is 0 Å². The maximum atomic E-state index is 6.31. The maximum absolute atomic E-state index is 6.31. The average Bonchev–Trinajstić information content (AvgIpc) is 2.52. The van der Waals surface area contributed by atoms with Gasteiger partial charge in [0.2, 0.25) is 0 Å². The number of hydrogen-bond acceptors (Lipinski definition) is 2. The van der Waals surface area contributed by atoms with Gasteiger partial charge in [0.25, 0.3) is 0 Å². The summed E-state index contributed by atoms with van der Waals surface area (Å²) in [5.74, 6) is 1.59. The zero-order valence-corrected chi connectivity index (χ0v) is 14.0. The predicted octanol–water partition coefficient (Wildman–Crippen LogP) is 4.45. The van der Waals surface area contributed by atoms with Crippen LogP contribution in [0, 0.1) is 11.8 Å². The summed E-state index contributed by atoms with van der Waals surface area (Å²) >= 11 is 0. The number of unbranched alkanes of at least 4 members (excludes halogenated alkanes) is 1. The molecule has 2 heteroatoms. The Morgan fingerprint density at radius 3 is 2.48 bits per heavy atom. The minimum Gasteiger partial charge on any atom is -0.365 e. The van der Waals surface area contributed by atoms with Gasteiger partial charge in [0, 0.05) is 18.8 Å². The number of anilines is 1. The molecule has 1 aromatic rings. The summed E-state index contributed by atoms with van der Waals surface area (Å²) in [5.41, 5.74) is 7.81. The maximum Gasteiger partial charge on any atom is 0.0526 e. The Bertz CT molecular complexity index is 417. The molecule has 0 bridgehead atoms. The van der Waals surface area contributed by atoms with E-state index in [0.717, 1.165) is 24.9 Å². The van der Waals surface area contributed by atoms with Gasteiger partial charge in [-0.3, -0.25) is 0 Å². The van der Waals surface area contributed by atoms with Crippen molar-refractivity contribution in [2.24, 2.45) is 17.6 Å². The molecular weight excluding hydrogens is 256 g/mol. The van der Waals surface area contributed by atoms with Crippen LogP contribution < -0.4 is 10.6 Å². The summed E-state index contributed by atoms with van der Waals surface area (Å²) in [5, 5.41) is 0. The van der Waals surface area contributed by atoms with Crippen molar-refractivity contribution >= 4 is 5.69 Å². The van der Waals surface area contributed by atoms with E-state index in [9.17, 15) is 0 Å². The number of hydrogen-bond donors (Lipinski definition) is 1. The second kappa shape index (κ2) is 7.31. The van der Waals surface area contributed by atoms with E-state index in [-0.39, 0.29) is 5.54 Å². The van der Waals surface area contributed by atoms with E-state index in [2.05, 4.69) is 56.0 Å². The number of nitrogens with two attached hydrogens (primary N) is 1. The molecule has 0 radical (unpaired) electrons. The van der Waals surface area contributed by atoms with Crippen molar-refractivity contribution in [2.45, 2.75) is 58.4 Å². The van der Waals surface area contributed by atoms with Crippen molar-refractivity contribution in [3.8, 4) is 0 Å². The van der Waals surface area contributed by atoms with Crippen LogP contribution in [0.1, 0.15) is 52.9 Å². The van der Waals surface area contributed by atoms with Crippen LogP contribution in [0.25, 0.3) is 0 Å². The standard InChI is InChI=1S/C19H32N2/c1-4-5-13-21(18-9-7-6-8-10-18)19(15-20)12-11-16(2)17(3)14-19/h6-10,16-17H,4-5,11-15,20H2,1-3H3. The Hall–Kier alpha value is -1.02. The molecule has 0 amide bonds. The van der Waals surface area contributed by atoms with Crippen LogP contribution in [0.15, 0.2) is 30.3 Å². The van der Waals surface area contributed by atoms with Gasteiger partial charge in [-0.2, -0.15) is 0 Å². The molecule has 0 aromatic heterocycles. The first-order chi connectivity index (χ1) is 10.1. The van der Waals surface area contributed by atoms with Crippen LogP contribution >= 0.6 is 0 Å². The predicted molar refractivity (Wildman–Crippen MR) is 92.7 cm³/mol. The third-order valence-corrected chi connectivity index (χ3v) is 5.49. The Morgan fingerprint density at radius 2 is 1.90 bits per heavy atom.